The van der Waals surface area contributed by atoms with Gasteiger partial charge in [0.05, 0.1) is 11.3 Å². The van der Waals surface area contributed by atoms with Gasteiger partial charge in [-0.1, -0.05) is 12.1 Å². The van der Waals surface area contributed by atoms with Crippen LogP contribution in [0.3, 0.4) is 0 Å². The van der Waals surface area contributed by atoms with Gasteiger partial charge in [0.25, 0.3) is 0 Å². The van der Waals surface area contributed by atoms with E-state index in [9.17, 15) is 9.59 Å². The molecular weight excluding hydrogens is 232 g/mol. The van der Waals surface area contributed by atoms with Gasteiger partial charge in [-0.05, 0) is 32.4 Å². The third-order valence-corrected chi connectivity index (χ3v) is 2.43. The van der Waals surface area contributed by atoms with Crippen molar-refractivity contribution in [2.24, 2.45) is 5.73 Å². The first kappa shape index (κ1) is 14.2. The highest BCUT2D eigenvalue weighted by Crippen LogP contribution is 2.16. The fourth-order valence-corrected chi connectivity index (χ4v) is 1.43. The Morgan fingerprint density at radius 3 is 2.50 bits per heavy atom. The van der Waals surface area contributed by atoms with E-state index in [4.69, 9.17) is 10.8 Å². The van der Waals surface area contributed by atoms with Crippen LogP contribution in [0.15, 0.2) is 24.3 Å². The zero-order valence-electron chi connectivity index (χ0n) is 10.6. The Morgan fingerprint density at radius 2 is 1.94 bits per heavy atom. The van der Waals surface area contributed by atoms with Crippen molar-refractivity contribution >= 4 is 17.6 Å². The molecule has 1 amide bonds. The molecule has 0 spiro atoms. The Labute approximate surface area is 106 Å². The van der Waals surface area contributed by atoms with Crippen molar-refractivity contribution in [3.8, 4) is 0 Å². The standard InChI is InChI=1S/C13H18N2O3/c1-13(2,14)8-7-11(16)15-10-6-4-3-5-9(10)12(17)18/h3-6H,7-8,14H2,1-2H3,(H,15,16)(H,17,18). The van der Waals surface area contributed by atoms with E-state index in [0.717, 1.165) is 0 Å². The van der Waals surface area contributed by atoms with Crippen LogP contribution in [-0.2, 0) is 4.79 Å². The molecule has 0 aliphatic carbocycles. The van der Waals surface area contributed by atoms with E-state index in [1.54, 1.807) is 18.2 Å². The highest BCUT2D eigenvalue weighted by Gasteiger charge is 2.15. The van der Waals surface area contributed by atoms with Gasteiger partial charge in [0.15, 0.2) is 0 Å². The van der Waals surface area contributed by atoms with Crippen LogP contribution < -0.4 is 11.1 Å². The molecule has 98 valence electrons. The summed E-state index contributed by atoms with van der Waals surface area (Å²) in [6, 6.07) is 6.30. The number of benzene rings is 1. The van der Waals surface area contributed by atoms with Gasteiger partial charge in [0, 0.05) is 12.0 Å². The molecule has 0 saturated carbocycles. The first-order valence-electron chi connectivity index (χ1n) is 5.70. The van der Waals surface area contributed by atoms with E-state index in [1.807, 2.05) is 13.8 Å². The van der Waals surface area contributed by atoms with Crippen molar-refractivity contribution in [1.29, 1.82) is 0 Å². The van der Waals surface area contributed by atoms with Gasteiger partial charge >= 0.3 is 5.97 Å². The zero-order valence-corrected chi connectivity index (χ0v) is 10.6. The number of para-hydroxylation sites is 1. The van der Waals surface area contributed by atoms with Crippen molar-refractivity contribution in [2.45, 2.75) is 32.2 Å². The Hall–Kier alpha value is -1.88. The summed E-state index contributed by atoms with van der Waals surface area (Å²) in [7, 11) is 0. The maximum absolute atomic E-state index is 11.7. The van der Waals surface area contributed by atoms with Crippen LogP contribution in [0.4, 0.5) is 5.69 Å². The molecule has 4 N–H and O–H groups in total. The van der Waals surface area contributed by atoms with E-state index in [1.165, 1.54) is 6.07 Å². The second kappa shape index (κ2) is 5.64. The summed E-state index contributed by atoms with van der Waals surface area (Å²) in [5.74, 6) is -1.30. The molecule has 5 heteroatoms. The topological polar surface area (TPSA) is 92.4 Å². The van der Waals surface area contributed by atoms with Gasteiger partial charge in [-0.25, -0.2) is 4.79 Å². The fraction of sp³-hybridized carbons (Fsp3) is 0.385. The Bertz CT molecular complexity index is 450. The fourth-order valence-electron chi connectivity index (χ4n) is 1.43. The van der Waals surface area contributed by atoms with Crippen molar-refractivity contribution < 1.29 is 14.7 Å². The average molecular weight is 250 g/mol. The van der Waals surface area contributed by atoms with Crippen LogP contribution >= 0.6 is 0 Å². The van der Waals surface area contributed by atoms with E-state index in [2.05, 4.69) is 5.32 Å². The lowest BCUT2D eigenvalue weighted by atomic mass is 10.00. The van der Waals surface area contributed by atoms with Gasteiger partial charge in [-0.3, -0.25) is 4.79 Å². The molecule has 18 heavy (non-hydrogen) atoms. The van der Waals surface area contributed by atoms with Crippen molar-refractivity contribution in [2.75, 3.05) is 5.32 Å². The molecule has 0 radical (unpaired) electrons. The van der Waals surface area contributed by atoms with Gasteiger partial charge in [0.2, 0.25) is 5.91 Å². The third-order valence-electron chi connectivity index (χ3n) is 2.43. The minimum absolute atomic E-state index is 0.0814. The first-order valence-corrected chi connectivity index (χ1v) is 5.70. The van der Waals surface area contributed by atoms with Crippen LogP contribution in [0.2, 0.25) is 0 Å². The number of carbonyl (C=O) groups is 2. The number of carboxylic acids is 1. The molecule has 0 heterocycles. The second-order valence-electron chi connectivity index (χ2n) is 4.89. The molecular formula is C13H18N2O3. The van der Waals surface area contributed by atoms with Crippen LogP contribution in [-0.4, -0.2) is 22.5 Å². The summed E-state index contributed by atoms with van der Waals surface area (Å²) >= 11 is 0. The first-order chi connectivity index (χ1) is 8.29. The molecule has 0 aliphatic heterocycles. The van der Waals surface area contributed by atoms with E-state index < -0.39 is 11.5 Å². The van der Waals surface area contributed by atoms with Crippen molar-refractivity contribution in [3.05, 3.63) is 29.8 Å². The number of amides is 1. The number of anilines is 1. The number of carboxylic acid groups (broad SMARTS) is 1. The lowest BCUT2D eigenvalue weighted by molar-refractivity contribution is -0.116. The SMILES string of the molecule is CC(C)(N)CCC(=O)Nc1ccccc1C(=O)O. The van der Waals surface area contributed by atoms with Crippen LogP contribution in [0.25, 0.3) is 0 Å². The normalized spacial score (nSPS) is 11.1. The van der Waals surface area contributed by atoms with Gasteiger partial charge < -0.3 is 16.2 Å². The molecule has 0 unspecified atom stereocenters. The van der Waals surface area contributed by atoms with Crippen LogP contribution in [0, 0.1) is 0 Å². The highest BCUT2D eigenvalue weighted by molar-refractivity contribution is 6.00. The molecule has 1 aromatic carbocycles. The predicted molar refractivity (Wildman–Crippen MR) is 69.5 cm³/mol. The van der Waals surface area contributed by atoms with Gasteiger partial charge in [0.1, 0.15) is 0 Å². The van der Waals surface area contributed by atoms with Gasteiger partial charge in [-0.15, -0.1) is 0 Å². The largest absolute Gasteiger partial charge is 0.478 e. The molecule has 0 atom stereocenters. The number of rotatable bonds is 5. The molecule has 1 rings (SSSR count). The lowest BCUT2D eigenvalue weighted by Gasteiger charge is -2.17. The Morgan fingerprint density at radius 1 is 1.33 bits per heavy atom. The molecule has 5 nitrogen and oxygen atoms in total. The summed E-state index contributed by atoms with van der Waals surface area (Å²) in [5, 5.41) is 11.6. The minimum Gasteiger partial charge on any atom is -0.478 e. The number of carbonyl (C=O) groups excluding carboxylic acids is 1. The predicted octanol–water partition coefficient (Wildman–Crippen LogP) is 1.84. The maximum atomic E-state index is 11.7. The number of hydrogen-bond acceptors (Lipinski definition) is 3. The summed E-state index contributed by atoms with van der Waals surface area (Å²) in [6.07, 6.45) is 0.797. The third kappa shape index (κ3) is 4.55. The average Bonchev–Trinajstić information content (AvgIpc) is 2.26. The summed E-state index contributed by atoms with van der Waals surface area (Å²) in [6.45, 7) is 3.68. The molecule has 1 aromatic rings. The van der Waals surface area contributed by atoms with Crippen molar-refractivity contribution in [1.82, 2.24) is 0 Å². The van der Waals surface area contributed by atoms with Crippen molar-refractivity contribution in [3.63, 3.8) is 0 Å². The number of nitrogens with one attached hydrogen (secondary N) is 1. The summed E-state index contributed by atoms with van der Waals surface area (Å²) in [4.78, 5) is 22.6. The monoisotopic (exact) mass is 250 g/mol. The summed E-state index contributed by atoms with van der Waals surface area (Å²) < 4.78 is 0. The highest BCUT2D eigenvalue weighted by atomic mass is 16.4. The van der Waals surface area contributed by atoms with E-state index >= 15 is 0 Å². The second-order valence-corrected chi connectivity index (χ2v) is 4.89. The van der Waals surface area contributed by atoms with Crippen LogP contribution in [0.1, 0.15) is 37.0 Å². The molecule has 0 aliphatic rings. The van der Waals surface area contributed by atoms with E-state index in [-0.39, 0.29) is 17.9 Å². The number of nitrogens with two attached hydrogens (primary N) is 1. The molecule has 0 aromatic heterocycles. The molecule has 0 fully saturated rings. The Balaban J connectivity index is 2.68. The number of aromatic carboxylic acids is 1. The van der Waals surface area contributed by atoms with E-state index in [0.29, 0.717) is 12.1 Å². The Kier molecular flexibility index (Phi) is 4.44. The smallest absolute Gasteiger partial charge is 0.337 e. The van der Waals surface area contributed by atoms with Crippen LogP contribution in [0.5, 0.6) is 0 Å². The number of hydrogen-bond donors (Lipinski definition) is 3. The quantitative estimate of drug-likeness (QED) is 0.743. The lowest BCUT2D eigenvalue weighted by Crippen LogP contribution is -2.33. The zero-order chi connectivity index (χ0) is 13.8. The maximum Gasteiger partial charge on any atom is 0.337 e. The summed E-state index contributed by atoms with van der Waals surface area (Å²) in [5.41, 5.74) is 5.76. The van der Waals surface area contributed by atoms with Gasteiger partial charge in [-0.2, -0.15) is 0 Å². The molecule has 0 bridgehead atoms. The minimum atomic E-state index is -1.06. The molecule has 0 saturated heterocycles.